The van der Waals surface area contributed by atoms with Gasteiger partial charge in [0.1, 0.15) is 5.75 Å². The molecule has 0 atom stereocenters. The molecule has 0 bridgehead atoms. The van der Waals surface area contributed by atoms with Crippen LogP contribution in [-0.4, -0.2) is 37.2 Å². The molecule has 0 aliphatic carbocycles. The first-order valence-electron chi connectivity index (χ1n) is 6.14. The maximum absolute atomic E-state index is 11.0. The van der Waals surface area contributed by atoms with E-state index in [9.17, 15) is 4.79 Å². The third-order valence-corrected chi connectivity index (χ3v) is 3.27. The first-order valence-corrected chi connectivity index (χ1v) is 6.14. The lowest BCUT2D eigenvalue weighted by Gasteiger charge is -2.31. The summed E-state index contributed by atoms with van der Waals surface area (Å²) in [4.78, 5) is 12.7. The molecule has 1 saturated heterocycles. The zero-order valence-electron chi connectivity index (χ0n) is 10.6. The quantitative estimate of drug-likeness (QED) is 0.856. The van der Waals surface area contributed by atoms with Gasteiger partial charge in [-0.05, 0) is 37.1 Å². The highest BCUT2D eigenvalue weighted by Crippen LogP contribution is 2.19. The zero-order valence-corrected chi connectivity index (χ0v) is 10.6. The van der Waals surface area contributed by atoms with E-state index in [1.165, 1.54) is 0 Å². The minimum atomic E-state index is -0.321. The maximum Gasteiger partial charge on any atom is 0.314 e. The predicted molar refractivity (Wildman–Crippen MR) is 70.8 cm³/mol. The lowest BCUT2D eigenvalue weighted by molar-refractivity contribution is 0.193. The first kappa shape index (κ1) is 12.5. The molecule has 1 aromatic rings. The number of nitrogens with two attached hydrogens (primary N) is 1. The SMILES string of the molecule is COc1ccc(NC2CCN(C(N)=O)CC2)cc1. The lowest BCUT2D eigenvalue weighted by Crippen LogP contribution is -2.44. The summed E-state index contributed by atoms with van der Waals surface area (Å²) in [6.45, 7) is 1.45. The molecule has 0 radical (unpaired) electrons. The highest BCUT2D eigenvalue weighted by molar-refractivity contribution is 5.72. The second-order valence-electron chi connectivity index (χ2n) is 4.47. The van der Waals surface area contributed by atoms with Crippen LogP contribution in [0.5, 0.6) is 5.75 Å². The van der Waals surface area contributed by atoms with Crippen LogP contribution in [0.15, 0.2) is 24.3 Å². The van der Waals surface area contributed by atoms with Gasteiger partial charge in [-0.2, -0.15) is 0 Å². The summed E-state index contributed by atoms with van der Waals surface area (Å²) in [7, 11) is 1.65. The number of hydrogen-bond donors (Lipinski definition) is 2. The number of nitrogens with one attached hydrogen (secondary N) is 1. The van der Waals surface area contributed by atoms with Crippen LogP contribution in [0.1, 0.15) is 12.8 Å². The second kappa shape index (κ2) is 5.62. The van der Waals surface area contributed by atoms with Crippen molar-refractivity contribution in [2.24, 2.45) is 5.73 Å². The molecule has 1 aliphatic heterocycles. The number of methoxy groups -OCH3 is 1. The van der Waals surface area contributed by atoms with Crippen molar-refractivity contribution in [2.75, 3.05) is 25.5 Å². The molecule has 1 aliphatic rings. The number of amides is 2. The van der Waals surface area contributed by atoms with E-state index in [0.29, 0.717) is 6.04 Å². The third-order valence-electron chi connectivity index (χ3n) is 3.27. The van der Waals surface area contributed by atoms with Gasteiger partial charge in [-0.25, -0.2) is 4.79 Å². The molecule has 0 unspecified atom stereocenters. The summed E-state index contributed by atoms with van der Waals surface area (Å²) in [5, 5.41) is 3.46. The molecule has 2 rings (SSSR count). The molecule has 5 heteroatoms. The van der Waals surface area contributed by atoms with Crippen LogP contribution in [0, 0.1) is 0 Å². The minimum absolute atomic E-state index is 0.321. The largest absolute Gasteiger partial charge is 0.497 e. The molecule has 1 heterocycles. The molecule has 2 amide bonds. The van der Waals surface area contributed by atoms with E-state index in [1.807, 2.05) is 24.3 Å². The molecule has 1 fully saturated rings. The summed E-state index contributed by atoms with van der Waals surface area (Å²) in [5.41, 5.74) is 6.33. The van der Waals surface area contributed by atoms with Gasteiger partial charge >= 0.3 is 6.03 Å². The Labute approximate surface area is 107 Å². The number of ether oxygens (including phenoxy) is 1. The summed E-state index contributed by atoms with van der Waals surface area (Å²) < 4.78 is 5.11. The van der Waals surface area contributed by atoms with E-state index in [1.54, 1.807) is 12.0 Å². The van der Waals surface area contributed by atoms with Crippen molar-refractivity contribution in [2.45, 2.75) is 18.9 Å². The van der Waals surface area contributed by atoms with Gasteiger partial charge in [-0.1, -0.05) is 0 Å². The Kier molecular flexibility index (Phi) is 3.92. The van der Waals surface area contributed by atoms with Crippen molar-refractivity contribution < 1.29 is 9.53 Å². The number of piperidine rings is 1. The van der Waals surface area contributed by atoms with Gasteiger partial charge in [0.05, 0.1) is 7.11 Å². The fourth-order valence-corrected chi connectivity index (χ4v) is 2.17. The maximum atomic E-state index is 11.0. The average molecular weight is 249 g/mol. The van der Waals surface area contributed by atoms with Crippen LogP contribution in [-0.2, 0) is 0 Å². The van der Waals surface area contributed by atoms with Crippen LogP contribution in [0.2, 0.25) is 0 Å². The van der Waals surface area contributed by atoms with E-state index >= 15 is 0 Å². The summed E-state index contributed by atoms with van der Waals surface area (Å²) in [6.07, 6.45) is 1.85. The van der Waals surface area contributed by atoms with Crippen LogP contribution in [0.3, 0.4) is 0 Å². The molecule has 0 saturated carbocycles. The standard InChI is InChI=1S/C13H19N3O2/c1-18-12-4-2-10(3-5-12)15-11-6-8-16(9-7-11)13(14)17/h2-5,11,15H,6-9H2,1H3,(H2,14,17). The van der Waals surface area contributed by atoms with Gasteiger partial charge in [0.25, 0.3) is 0 Å². The van der Waals surface area contributed by atoms with Gasteiger partial charge in [0.2, 0.25) is 0 Å². The van der Waals surface area contributed by atoms with Gasteiger partial charge < -0.3 is 20.7 Å². The fourth-order valence-electron chi connectivity index (χ4n) is 2.17. The normalized spacial score (nSPS) is 16.4. The molecule has 5 nitrogen and oxygen atoms in total. The van der Waals surface area contributed by atoms with Crippen LogP contribution in [0.25, 0.3) is 0 Å². The molecule has 0 aromatic heterocycles. The predicted octanol–water partition coefficient (Wildman–Crippen LogP) is 1.65. The van der Waals surface area contributed by atoms with Crippen LogP contribution in [0.4, 0.5) is 10.5 Å². The Balaban J connectivity index is 1.85. The smallest absolute Gasteiger partial charge is 0.314 e. The number of likely N-dealkylation sites (tertiary alicyclic amines) is 1. The van der Waals surface area contributed by atoms with Crippen molar-refractivity contribution in [3.63, 3.8) is 0 Å². The van der Waals surface area contributed by atoms with Crippen molar-refractivity contribution in [1.29, 1.82) is 0 Å². The minimum Gasteiger partial charge on any atom is -0.497 e. The molecule has 98 valence electrons. The number of carbonyl (C=O) groups is 1. The van der Waals surface area contributed by atoms with Crippen molar-refractivity contribution in [3.05, 3.63) is 24.3 Å². The van der Waals surface area contributed by atoms with E-state index in [-0.39, 0.29) is 6.03 Å². The number of hydrogen-bond acceptors (Lipinski definition) is 3. The number of urea groups is 1. The zero-order chi connectivity index (χ0) is 13.0. The average Bonchev–Trinajstić information content (AvgIpc) is 2.40. The number of rotatable bonds is 3. The fraction of sp³-hybridized carbons (Fsp3) is 0.462. The number of benzene rings is 1. The second-order valence-corrected chi connectivity index (χ2v) is 4.47. The Hall–Kier alpha value is -1.91. The number of carbonyl (C=O) groups excluding carboxylic acids is 1. The number of anilines is 1. The highest BCUT2D eigenvalue weighted by Gasteiger charge is 2.20. The number of primary amides is 1. The molecule has 0 spiro atoms. The summed E-state index contributed by atoms with van der Waals surface area (Å²) in [6, 6.07) is 7.94. The Morgan fingerprint density at radius 3 is 2.44 bits per heavy atom. The monoisotopic (exact) mass is 249 g/mol. The lowest BCUT2D eigenvalue weighted by atomic mass is 10.0. The van der Waals surface area contributed by atoms with E-state index in [0.717, 1.165) is 37.4 Å². The van der Waals surface area contributed by atoms with E-state index < -0.39 is 0 Å². The Morgan fingerprint density at radius 1 is 1.33 bits per heavy atom. The molecule has 1 aromatic carbocycles. The van der Waals surface area contributed by atoms with Gasteiger partial charge in [-0.15, -0.1) is 0 Å². The summed E-state index contributed by atoms with van der Waals surface area (Å²) in [5.74, 6) is 0.851. The molecule has 18 heavy (non-hydrogen) atoms. The molecular weight excluding hydrogens is 230 g/mol. The van der Waals surface area contributed by atoms with Crippen LogP contribution < -0.4 is 15.8 Å². The number of nitrogens with zero attached hydrogens (tertiary/aromatic N) is 1. The van der Waals surface area contributed by atoms with Crippen molar-refractivity contribution >= 4 is 11.7 Å². The molecular formula is C13H19N3O2. The Morgan fingerprint density at radius 2 is 1.94 bits per heavy atom. The van der Waals surface area contributed by atoms with Crippen molar-refractivity contribution in [1.82, 2.24) is 4.90 Å². The van der Waals surface area contributed by atoms with Gasteiger partial charge in [0.15, 0.2) is 0 Å². The topological polar surface area (TPSA) is 67.6 Å². The third kappa shape index (κ3) is 3.06. The van der Waals surface area contributed by atoms with Crippen LogP contribution >= 0.6 is 0 Å². The van der Waals surface area contributed by atoms with Crippen molar-refractivity contribution in [3.8, 4) is 5.75 Å². The van der Waals surface area contributed by atoms with E-state index in [4.69, 9.17) is 10.5 Å². The first-order chi connectivity index (χ1) is 8.69. The Bertz CT molecular complexity index is 397. The summed E-state index contributed by atoms with van der Waals surface area (Å²) >= 11 is 0. The van der Waals surface area contributed by atoms with E-state index in [2.05, 4.69) is 5.32 Å². The van der Waals surface area contributed by atoms with Gasteiger partial charge in [-0.3, -0.25) is 0 Å². The van der Waals surface area contributed by atoms with Gasteiger partial charge in [0, 0.05) is 24.8 Å². The molecule has 3 N–H and O–H groups in total. The highest BCUT2D eigenvalue weighted by atomic mass is 16.5.